The minimum Gasteiger partial charge on any atom is -0.290 e. The van der Waals surface area contributed by atoms with Crippen LogP contribution in [-0.4, -0.2) is 10.9 Å². The smallest absolute Gasteiger partial charge is 0.268 e. The summed E-state index contributed by atoms with van der Waals surface area (Å²) in [5, 5.41) is 0. The number of carbonyl (C=O) groups excluding carboxylic acids is 1. The summed E-state index contributed by atoms with van der Waals surface area (Å²) in [6.07, 6.45) is 0.939. The fourth-order valence-electron chi connectivity index (χ4n) is 0.665. The molecule has 6 heteroatoms. The molecule has 1 heterocycles. The zero-order valence-corrected chi connectivity index (χ0v) is 7.43. The third kappa shape index (κ3) is 1.77. The van der Waals surface area contributed by atoms with Gasteiger partial charge < -0.3 is 0 Å². The highest BCUT2D eigenvalue weighted by molar-refractivity contribution is 9.10. The minimum atomic E-state index is -0.707. The third-order valence-electron chi connectivity index (χ3n) is 1.20. The number of rotatable bonds is 1. The summed E-state index contributed by atoms with van der Waals surface area (Å²) in [5.41, 5.74) is 1.68. The van der Waals surface area contributed by atoms with Crippen LogP contribution in [0.25, 0.3) is 0 Å². The first-order valence-electron chi connectivity index (χ1n) is 2.97. The number of amides is 1. The van der Waals surface area contributed by atoms with Gasteiger partial charge >= 0.3 is 0 Å². The maximum Gasteiger partial charge on any atom is 0.268 e. The zero-order chi connectivity index (χ0) is 9.14. The van der Waals surface area contributed by atoms with Crippen molar-refractivity contribution in [3.05, 3.63) is 28.2 Å². The van der Waals surface area contributed by atoms with Crippen LogP contribution in [0, 0.1) is 5.82 Å². The van der Waals surface area contributed by atoms with Crippen molar-refractivity contribution < 1.29 is 9.18 Å². The van der Waals surface area contributed by atoms with E-state index in [1.165, 1.54) is 6.07 Å². The van der Waals surface area contributed by atoms with Crippen molar-refractivity contribution in [1.82, 2.24) is 10.4 Å². The second kappa shape index (κ2) is 3.59. The van der Waals surface area contributed by atoms with Crippen molar-refractivity contribution in [3.63, 3.8) is 0 Å². The quantitative estimate of drug-likeness (QED) is 0.323. The Labute approximate surface area is 76.1 Å². The number of aromatic nitrogens is 1. The maximum absolute atomic E-state index is 12.8. The highest BCUT2D eigenvalue weighted by Gasteiger charge is 2.10. The molecule has 4 nitrogen and oxygen atoms in total. The number of carbonyl (C=O) groups is 1. The molecule has 0 saturated heterocycles. The number of nitrogen functional groups attached to an aromatic ring is 1. The van der Waals surface area contributed by atoms with Gasteiger partial charge in [0.2, 0.25) is 0 Å². The monoisotopic (exact) mass is 233 g/mol. The van der Waals surface area contributed by atoms with E-state index in [0.717, 1.165) is 6.20 Å². The lowest BCUT2D eigenvalue weighted by atomic mass is 10.2. The van der Waals surface area contributed by atoms with E-state index < -0.39 is 11.7 Å². The summed E-state index contributed by atoms with van der Waals surface area (Å²) in [7, 11) is 0. The molecule has 0 aliphatic heterocycles. The zero-order valence-electron chi connectivity index (χ0n) is 5.84. The van der Waals surface area contributed by atoms with Crippen molar-refractivity contribution >= 4 is 21.8 Å². The Balaban J connectivity index is 3.13. The summed E-state index contributed by atoms with van der Waals surface area (Å²) in [5.74, 6) is 3.43. The van der Waals surface area contributed by atoms with Crippen molar-refractivity contribution in [1.29, 1.82) is 0 Å². The van der Waals surface area contributed by atoms with Crippen LogP contribution in [0.1, 0.15) is 10.4 Å². The SMILES string of the molecule is NNC(=O)c1cc(Br)ncc1F. The Morgan fingerprint density at radius 1 is 1.75 bits per heavy atom. The van der Waals surface area contributed by atoms with E-state index in [2.05, 4.69) is 20.9 Å². The number of halogens is 2. The van der Waals surface area contributed by atoms with Gasteiger partial charge in [0.15, 0.2) is 5.82 Å². The summed E-state index contributed by atoms with van der Waals surface area (Å²) >= 11 is 3.00. The minimum absolute atomic E-state index is 0.139. The van der Waals surface area contributed by atoms with E-state index in [-0.39, 0.29) is 5.56 Å². The highest BCUT2D eigenvalue weighted by Crippen LogP contribution is 2.11. The average Bonchev–Trinajstić information content (AvgIpc) is 2.08. The predicted octanol–water partition coefficient (Wildman–Crippen LogP) is 0.587. The van der Waals surface area contributed by atoms with Crippen LogP contribution in [0.2, 0.25) is 0 Å². The van der Waals surface area contributed by atoms with Crippen molar-refractivity contribution in [2.75, 3.05) is 0 Å². The van der Waals surface area contributed by atoms with Crippen LogP contribution in [0.4, 0.5) is 4.39 Å². The molecule has 0 saturated carbocycles. The fourth-order valence-corrected chi connectivity index (χ4v) is 0.996. The van der Waals surface area contributed by atoms with Gasteiger partial charge in [0, 0.05) is 0 Å². The molecule has 3 N–H and O–H groups in total. The normalized spacial score (nSPS) is 9.58. The van der Waals surface area contributed by atoms with Gasteiger partial charge in [-0.2, -0.15) is 0 Å². The number of nitrogens with zero attached hydrogens (tertiary/aromatic N) is 1. The standard InChI is InChI=1S/C6H5BrFN3O/c7-5-1-3(6(12)11-9)4(8)2-10-5/h1-2H,9H2,(H,11,12). The lowest BCUT2D eigenvalue weighted by Crippen LogP contribution is -2.30. The number of hydrogen-bond donors (Lipinski definition) is 2. The predicted molar refractivity (Wildman–Crippen MR) is 43.5 cm³/mol. The molecule has 0 atom stereocenters. The molecule has 0 radical (unpaired) electrons. The molecule has 0 aliphatic carbocycles. The highest BCUT2D eigenvalue weighted by atomic mass is 79.9. The molecule has 0 aliphatic rings. The van der Waals surface area contributed by atoms with Gasteiger partial charge in [-0.3, -0.25) is 10.2 Å². The van der Waals surface area contributed by atoms with E-state index in [9.17, 15) is 9.18 Å². The molecule has 0 aromatic carbocycles. The van der Waals surface area contributed by atoms with Crippen LogP contribution in [0.5, 0.6) is 0 Å². The van der Waals surface area contributed by atoms with Crippen LogP contribution < -0.4 is 11.3 Å². The molecule has 1 rings (SSSR count). The molecular weight excluding hydrogens is 229 g/mol. The van der Waals surface area contributed by atoms with Gasteiger partial charge in [0.1, 0.15) is 4.60 Å². The third-order valence-corrected chi connectivity index (χ3v) is 1.63. The second-order valence-corrected chi connectivity index (χ2v) is 2.77. The van der Waals surface area contributed by atoms with E-state index in [0.29, 0.717) is 4.60 Å². The van der Waals surface area contributed by atoms with Gasteiger partial charge in [-0.15, -0.1) is 0 Å². The van der Waals surface area contributed by atoms with Crippen molar-refractivity contribution in [2.45, 2.75) is 0 Å². The number of pyridine rings is 1. The summed E-state index contributed by atoms with van der Waals surface area (Å²) < 4.78 is 13.2. The van der Waals surface area contributed by atoms with Crippen LogP contribution >= 0.6 is 15.9 Å². The average molecular weight is 234 g/mol. The topological polar surface area (TPSA) is 68.0 Å². The van der Waals surface area contributed by atoms with E-state index in [1.807, 2.05) is 5.43 Å². The molecule has 12 heavy (non-hydrogen) atoms. The van der Waals surface area contributed by atoms with Gasteiger partial charge in [-0.1, -0.05) is 0 Å². The molecule has 64 valence electrons. The molecular formula is C6H5BrFN3O. The van der Waals surface area contributed by atoms with Crippen LogP contribution in [-0.2, 0) is 0 Å². The van der Waals surface area contributed by atoms with Gasteiger partial charge in [0.25, 0.3) is 5.91 Å². The number of hydrogen-bond acceptors (Lipinski definition) is 3. The number of nitrogens with two attached hydrogens (primary N) is 1. The van der Waals surface area contributed by atoms with Crippen LogP contribution in [0.3, 0.4) is 0 Å². The molecule has 1 amide bonds. The first-order valence-corrected chi connectivity index (χ1v) is 3.76. The largest absolute Gasteiger partial charge is 0.290 e. The Bertz CT molecular complexity index is 318. The van der Waals surface area contributed by atoms with Gasteiger partial charge in [-0.05, 0) is 22.0 Å². The maximum atomic E-state index is 12.8. The van der Waals surface area contributed by atoms with Gasteiger partial charge in [0.05, 0.1) is 11.8 Å². The molecule has 1 aromatic rings. The Kier molecular flexibility index (Phi) is 2.72. The fraction of sp³-hybridized carbons (Fsp3) is 0. The Hall–Kier alpha value is -1.01. The molecule has 0 bridgehead atoms. The molecule has 0 spiro atoms. The van der Waals surface area contributed by atoms with Gasteiger partial charge in [-0.25, -0.2) is 15.2 Å². The Morgan fingerprint density at radius 2 is 2.42 bits per heavy atom. The second-order valence-electron chi connectivity index (χ2n) is 1.96. The molecule has 0 fully saturated rings. The number of hydrazine groups is 1. The molecule has 1 aromatic heterocycles. The summed E-state index contributed by atoms with van der Waals surface area (Å²) in [4.78, 5) is 14.4. The summed E-state index contributed by atoms with van der Waals surface area (Å²) in [6, 6.07) is 1.25. The Morgan fingerprint density at radius 3 is 3.00 bits per heavy atom. The van der Waals surface area contributed by atoms with E-state index >= 15 is 0 Å². The van der Waals surface area contributed by atoms with Crippen molar-refractivity contribution in [2.24, 2.45) is 5.84 Å². The summed E-state index contributed by atoms with van der Waals surface area (Å²) in [6.45, 7) is 0. The first-order chi connectivity index (χ1) is 5.65. The van der Waals surface area contributed by atoms with Crippen molar-refractivity contribution in [3.8, 4) is 0 Å². The van der Waals surface area contributed by atoms with E-state index in [4.69, 9.17) is 5.84 Å². The first kappa shape index (κ1) is 9.08. The lowest BCUT2D eigenvalue weighted by Gasteiger charge is -2.00. The lowest BCUT2D eigenvalue weighted by molar-refractivity contribution is 0.0949. The number of nitrogens with one attached hydrogen (secondary N) is 1. The molecule has 0 unspecified atom stereocenters. The van der Waals surface area contributed by atoms with E-state index in [1.54, 1.807) is 0 Å². The van der Waals surface area contributed by atoms with Crippen LogP contribution in [0.15, 0.2) is 16.9 Å².